The third-order valence-corrected chi connectivity index (χ3v) is 3.40. The summed E-state index contributed by atoms with van der Waals surface area (Å²) in [4.78, 5) is 0. The molecule has 0 aliphatic heterocycles. The van der Waals surface area contributed by atoms with E-state index in [1.807, 2.05) is 0 Å². The molecule has 2 nitrogen and oxygen atoms in total. The van der Waals surface area contributed by atoms with E-state index in [0.717, 1.165) is 18.8 Å². The van der Waals surface area contributed by atoms with Crippen molar-refractivity contribution in [2.75, 3.05) is 0 Å². The summed E-state index contributed by atoms with van der Waals surface area (Å²) in [5, 5.41) is 0. The van der Waals surface area contributed by atoms with Crippen LogP contribution in [-0.2, 0) is 0 Å². The molecule has 0 heterocycles. The second-order valence-electron chi connectivity index (χ2n) is 4.30. The van der Waals surface area contributed by atoms with Gasteiger partial charge in [0.25, 0.3) is 0 Å². The maximum Gasteiger partial charge on any atom is 0.0311 e. The standard InChI is InChI=1S/C9H18N2/c10-8(9(11)5-6-9)7-3-1-2-4-7/h7-8H,1-6,10-11H2. The summed E-state index contributed by atoms with van der Waals surface area (Å²) >= 11 is 0. The zero-order chi connectivity index (χ0) is 7.90. The van der Waals surface area contributed by atoms with Crippen LogP contribution in [0, 0.1) is 5.92 Å². The van der Waals surface area contributed by atoms with Gasteiger partial charge in [-0.05, 0) is 31.6 Å². The number of hydrogen-bond acceptors (Lipinski definition) is 2. The lowest BCUT2D eigenvalue weighted by Crippen LogP contribution is -2.48. The molecule has 11 heavy (non-hydrogen) atoms. The average Bonchev–Trinajstić information content (AvgIpc) is 2.54. The van der Waals surface area contributed by atoms with Crippen molar-refractivity contribution >= 4 is 0 Å². The Labute approximate surface area is 68.3 Å². The summed E-state index contributed by atoms with van der Waals surface area (Å²) in [6.45, 7) is 0. The minimum absolute atomic E-state index is 0.0506. The first-order valence-electron chi connectivity index (χ1n) is 4.77. The van der Waals surface area contributed by atoms with E-state index in [9.17, 15) is 0 Å². The Bertz CT molecular complexity index is 146. The summed E-state index contributed by atoms with van der Waals surface area (Å²) in [6.07, 6.45) is 7.69. The quantitative estimate of drug-likeness (QED) is 0.623. The van der Waals surface area contributed by atoms with E-state index in [-0.39, 0.29) is 5.54 Å². The molecule has 0 aromatic carbocycles. The molecular weight excluding hydrogens is 136 g/mol. The molecule has 1 unspecified atom stereocenters. The highest BCUT2D eigenvalue weighted by Gasteiger charge is 2.47. The Morgan fingerprint density at radius 3 is 2.18 bits per heavy atom. The number of rotatable bonds is 2. The van der Waals surface area contributed by atoms with E-state index < -0.39 is 0 Å². The molecule has 2 fully saturated rings. The Kier molecular flexibility index (Phi) is 1.69. The fourth-order valence-corrected chi connectivity index (χ4v) is 2.26. The van der Waals surface area contributed by atoms with Crippen molar-refractivity contribution in [3.05, 3.63) is 0 Å². The van der Waals surface area contributed by atoms with Gasteiger partial charge in [0, 0.05) is 11.6 Å². The van der Waals surface area contributed by atoms with Crippen molar-refractivity contribution < 1.29 is 0 Å². The lowest BCUT2D eigenvalue weighted by molar-refractivity contribution is 0.360. The third kappa shape index (κ3) is 1.30. The Balaban J connectivity index is 1.93. The molecule has 0 spiro atoms. The van der Waals surface area contributed by atoms with Crippen molar-refractivity contribution in [3.63, 3.8) is 0 Å². The van der Waals surface area contributed by atoms with Crippen LogP contribution in [0.3, 0.4) is 0 Å². The SMILES string of the molecule is NC(C1CCCC1)C1(N)CC1. The Morgan fingerprint density at radius 1 is 1.18 bits per heavy atom. The van der Waals surface area contributed by atoms with Crippen LogP contribution < -0.4 is 11.5 Å². The highest BCUT2D eigenvalue weighted by molar-refractivity contribution is 5.08. The molecule has 64 valence electrons. The highest BCUT2D eigenvalue weighted by Crippen LogP contribution is 2.41. The number of hydrogen-bond donors (Lipinski definition) is 2. The van der Waals surface area contributed by atoms with E-state index >= 15 is 0 Å². The van der Waals surface area contributed by atoms with Crippen LogP contribution >= 0.6 is 0 Å². The van der Waals surface area contributed by atoms with Crippen LogP contribution in [0.1, 0.15) is 38.5 Å². The van der Waals surface area contributed by atoms with Gasteiger partial charge >= 0.3 is 0 Å². The largest absolute Gasteiger partial charge is 0.326 e. The fourth-order valence-electron chi connectivity index (χ4n) is 2.26. The van der Waals surface area contributed by atoms with Crippen molar-refractivity contribution in [1.82, 2.24) is 0 Å². The highest BCUT2D eigenvalue weighted by atomic mass is 14.9. The third-order valence-electron chi connectivity index (χ3n) is 3.40. The summed E-state index contributed by atoms with van der Waals surface area (Å²) in [7, 11) is 0. The maximum absolute atomic E-state index is 6.09. The van der Waals surface area contributed by atoms with Crippen LogP contribution in [-0.4, -0.2) is 11.6 Å². The molecule has 0 amide bonds. The molecule has 0 aromatic heterocycles. The molecule has 2 saturated carbocycles. The van der Waals surface area contributed by atoms with Crippen LogP contribution in [0.25, 0.3) is 0 Å². The first kappa shape index (κ1) is 7.56. The zero-order valence-corrected chi connectivity index (χ0v) is 7.05. The topological polar surface area (TPSA) is 52.0 Å². The predicted molar refractivity (Wildman–Crippen MR) is 46.1 cm³/mol. The van der Waals surface area contributed by atoms with Crippen LogP contribution in [0.15, 0.2) is 0 Å². The summed E-state index contributed by atoms with van der Waals surface area (Å²) in [5.74, 6) is 0.738. The normalized spacial score (nSPS) is 32.2. The molecule has 2 rings (SSSR count). The smallest absolute Gasteiger partial charge is 0.0311 e. The van der Waals surface area contributed by atoms with Crippen molar-refractivity contribution in [3.8, 4) is 0 Å². The minimum atomic E-state index is 0.0506. The lowest BCUT2D eigenvalue weighted by atomic mass is 9.91. The molecule has 2 aliphatic carbocycles. The van der Waals surface area contributed by atoms with Gasteiger partial charge in [0.1, 0.15) is 0 Å². The van der Waals surface area contributed by atoms with Crippen molar-refractivity contribution in [2.24, 2.45) is 17.4 Å². The monoisotopic (exact) mass is 154 g/mol. The fraction of sp³-hybridized carbons (Fsp3) is 1.00. The first-order chi connectivity index (χ1) is 5.22. The van der Waals surface area contributed by atoms with Crippen LogP contribution in [0.2, 0.25) is 0 Å². The van der Waals surface area contributed by atoms with Crippen LogP contribution in [0.5, 0.6) is 0 Å². The van der Waals surface area contributed by atoms with Crippen molar-refractivity contribution in [1.29, 1.82) is 0 Å². The summed E-state index contributed by atoms with van der Waals surface area (Å²) in [6, 6.07) is 0.296. The molecule has 0 radical (unpaired) electrons. The molecule has 2 heteroatoms. The second-order valence-corrected chi connectivity index (χ2v) is 4.30. The summed E-state index contributed by atoms with van der Waals surface area (Å²) < 4.78 is 0. The predicted octanol–water partition coefficient (Wildman–Crippen LogP) is 0.995. The van der Waals surface area contributed by atoms with Gasteiger partial charge in [0.2, 0.25) is 0 Å². The molecule has 2 aliphatic rings. The Hall–Kier alpha value is -0.0800. The lowest BCUT2D eigenvalue weighted by Gasteiger charge is -2.24. The van der Waals surface area contributed by atoms with E-state index in [1.165, 1.54) is 25.7 Å². The molecule has 1 atom stereocenters. The van der Waals surface area contributed by atoms with Gasteiger partial charge in [-0.25, -0.2) is 0 Å². The van der Waals surface area contributed by atoms with E-state index in [2.05, 4.69) is 0 Å². The molecule has 4 N–H and O–H groups in total. The molecule has 0 aromatic rings. The van der Waals surface area contributed by atoms with Gasteiger partial charge in [-0.1, -0.05) is 12.8 Å². The van der Waals surface area contributed by atoms with E-state index in [4.69, 9.17) is 11.5 Å². The van der Waals surface area contributed by atoms with Crippen LogP contribution in [0.4, 0.5) is 0 Å². The summed E-state index contributed by atoms with van der Waals surface area (Å²) in [5.41, 5.74) is 12.2. The van der Waals surface area contributed by atoms with E-state index in [0.29, 0.717) is 6.04 Å². The van der Waals surface area contributed by atoms with Gasteiger partial charge in [0.15, 0.2) is 0 Å². The average molecular weight is 154 g/mol. The Morgan fingerprint density at radius 2 is 1.73 bits per heavy atom. The first-order valence-corrected chi connectivity index (χ1v) is 4.77. The molecule has 0 saturated heterocycles. The van der Waals surface area contributed by atoms with Gasteiger partial charge in [-0.3, -0.25) is 0 Å². The van der Waals surface area contributed by atoms with Gasteiger partial charge in [-0.15, -0.1) is 0 Å². The molecule has 0 bridgehead atoms. The van der Waals surface area contributed by atoms with Gasteiger partial charge in [0.05, 0.1) is 0 Å². The maximum atomic E-state index is 6.09. The molecular formula is C9H18N2. The van der Waals surface area contributed by atoms with Gasteiger partial charge in [-0.2, -0.15) is 0 Å². The van der Waals surface area contributed by atoms with Gasteiger partial charge < -0.3 is 11.5 Å². The number of nitrogens with two attached hydrogens (primary N) is 2. The zero-order valence-electron chi connectivity index (χ0n) is 7.05. The second kappa shape index (κ2) is 2.46. The van der Waals surface area contributed by atoms with Crippen molar-refractivity contribution in [2.45, 2.75) is 50.1 Å². The minimum Gasteiger partial charge on any atom is -0.326 e. The van der Waals surface area contributed by atoms with E-state index in [1.54, 1.807) is 0 Å².